The monoisotopic (exact) mass is 287 g/mol. The molecule has 0 fully saturated rings. The van der Waals surface area contributed by atoms with Gasteiger partial charge < -0.3 is 16.0 Å². The molecule has 0 saturated carbocycles. The zero-order valence-corrected chi connectivity index (χ0v) is 12.9. The van der Waals surface area contributed by atoms with Gasteiger partial charge in [-0.3, -0.25) is 4.79 Å². The Morgan fingerprint density at radius 2 is 1.76 bits per heavy atom. The Hall–Kier alpha value is -0.0300. The van der Waals surface area contributed by atoms with Gasteiger partial charge in [-0.05, 0) is 33.4 Å². The lowest BCUT2D eigenvalue weighted by Crippen LogP contribution is -2.50. The molecular formula is C11H27Cl2N3O. The van der Waals surface area contributed by atoms with Crippen LogP contribution in [-0.2, 0) is 4.79 Å². The van der Waals surface area contributed by atoms with Crippen LogP contribution in [0.4, 0.5) is 0 Å². The molecule has 0 aliphatic rings. The van der Waals surface area contributed by atoms with Crippen LogP contribution in [0.2, 0.25) is 0 Å². The molecule has 0 aromatic rings. The number of likely N-dealkylation sites (N-methyl/N-ethyl adjacent to an activating group) is 1. The molecule has 0 aromatic heterocycles. The number of hydrogen-bond acceptors (Lipinski definition) is 3. The Bertz CT molecular complexity index is 196. The van der Waals surface area contributed by atoms with E-state index in [1.165, 1.54) is 0 Å². The number of carbonyl (C=O) groups excluding carboxylic acids is 1. The van der Waals surface area contributed by atoms with Gasteiger partial charge in [0.25, 0.3) is 0 Å². The lowest BCUT2D eigenvalue weighted by Gasteiger charge is -2.22. The molecule has 106 valence electrons. The largest absolute Gasteiger partial charge is 0.353 e. The summed E-state index contributed by atoms with van der Waals surface area (Å²) in [6, 6.07) is 0. The Labute approximate surface area is 118 Å². The normalized spacial score (nSPS) is 10.5. The fourth-order valence-electron chi connectivity index (χ4n) is 1.30. The molecule has 1 amide bonds. The SMILES string of the molecule is CCCN(CC)CCNC(=O)C(C)(C)N.Cl.Cl. The summed E-state index contributed by atoms with van der Waals surface area (Å²) in [7, 11) is 0. The second kappa shape index (κ2) is 11.1. The molecule has 0 rings (SSSR count). The smallest absolute Gasteiger partial charge is 0.239 e. The third-order valence-corrected chi connectivity index (χ3v) is 2.29. The number of nitrogens with one attached hydrogen (secondary N) is 1. The Kier molecular flexibility index (Phi) is 14.5. The molecule has 4 nitrogen and oxygen atoms in total. The second-order valence-electron chi connectivity index (χ2n) is 4.41. The Balaban J connectivity index is -0.000000980. The van der Waals surface area contributed by atoms with E-state index in [9.17, 15) is 4.79 Å². The molecule has 0 aliphatic carbocycles. The number of nitrogens with two attached hydrogens (primary N) is 1. The maximum absolute atomic E-state index is 11.4. The first-order chi connectivity index (χ1) is 6.91. The zero-order valence-electron chi connectivity index (χ0n) is 11.3. The highest BCUT2D eigenvalue weighted by atomic mass is 35.5. The molecule has 3 N–H and O–H groups in total. The van der Waals surface area contributed by atoms with Crippen LogP contribution < -0.4 is 11.1 Å². The summed E-state index contributed by atoms with van der Waals surface area (Å²) in [6.45, 7) is 11.4. The molecule has 0 radical (unpaired) electrons. The minimum absolute atomic E-state index is 0. The topological polar surface area (TPSA) is 58.4 Å². The third-order valence-electron chi connectivity index (χ3n) is 2.29. The van der Waals surface area contributed by atoms with E-state index in [2.05, 4.69) is 24.1 Å². The van der Waals surface area contributed by atoms with Crippen molar-refractivity contribution in [1.82, 2.24) is 10.2 Å². The number of amides is 1. The van der Waals surface area contributed by atoms with Gasteiger partial charge in [0.2, 0.25) is 5.91 Å². The van der Waals surface area contributed by atoms with Crippen LogP contribution in [0.15, 0.2) is 0 Å². The molecule has 0 saturated heterocycles. The average molecular weight is 288 g/mol. The maximum Gasteiger partial charge on any atom is 0.239 e. The van der Waals surface area contributed by atoms with Gasteiger partial charge >= 0.3 is 0 Å². The molecule has 0 aliphatic heterocycles. The maximum atomic E-state index is 11.4. The van der Waals surface area contributed by atoms with Crippen molar-refractivity contribution < 1.29 is 4.79 Å². The van der Waals surface area contributed by atoms with Crippen molar-refractivity contribution in [2.75, 3.05) is 26.2 Å². The van der Waals surface area contributed by atoms with Crippen molar-refractivity contribution in [3.8, 4) is 0 Å². The van der Waals surface area contributed by atoms with E-state index in [-0.39, 0.29) is 30.7 Å². The first-order valence-corrected chi connectivity index (χ1v) is 5.71. The van der Waals surface area contributed by atoms with Gasteiger partial charge in [0.1, 0.15) is 0 Å². The standard InChI is InChI=1S/C11H25N3O.2ClH/c1-5-8-14(6-2)9-7-13-10(15)11(3,4)12;;/h5-9,12H2,1-4H3,(H,13,15);2*1H. The minimum Gasteiger partial charge on any atom is -0.353 e. The number of hydrogen-bond donors (Lipinski definition) is 2. The summed E-state index contributed by atoms with van der Waals surface area (Å²) in [4.78, 5) is 13.7. The van der Waals surface area contributed by atoms with Crippen LogP contribution in [0.25, 0.3) is 0 Å². The van der Waals surface area contributed by atoms with Gasteiger partial charge in [0.15, 0.2) is 0 Å². The van der Waals surface area contributed by atoms with Crippen molar-refractivity contribution in [2.24, 2.45) is 5.73 Å². The Morgan fingerprint density at radius 1 is 1.24 bits per heavy atom. The van der Waals surface area contributed by atoms with E-state index in [0.717, 1.165) is 26.1 Å². The molecule has 0 bridgehead atoms. The summed E-state index contributed by atoms with van der Waals surface area (Å²) < 4.78 is 0. The molecular weight excluding hydrogens is 261 g/mol. The van der Waals surface area contributed by atoms with Crippen molar-refractivity contribution in [3.05, 3.63) is 0 Å². The van der Waals surface area contributed by atoms with Crippen molar-refractivity contribution >= 4 is 30.7 Å². The van der Waals surface area contributed by atoms with Gasteiger partial charge in [0.05, 0.1) is 5.54 Å². The molecule has 0 aromatic carbocycles. The van der Waals surface area contributed by atoms with E-state index in [4.69, 9.17) is 5.73 Å². The van der Waals surface area contributed by atoms with Gasteiger partial charge in [-0.2, -0.15) is 0 Å². The highest BCUT2D eigenvalue weighted by molar-refractivity contribution is 5.85. The van der Waals surface area contributed by atoms with Crippen molar-refractivity contribution in [2.45, 2.75) is 39.7 Å². The predicted octanol–water partition coefficient (Wildman–Crippen LogP) is 1.42. The van der Waals surface area contributed by atoms with Crippen LogP contribution in [-0.4, -0.2) is 42.5 Å². The minimum atomic E-state index is -0.776. The van der Waals surface area contributed by atoms with Crippen molar-refractivity contribution in [1.29, 1.82) is 0 Å². The molecule has 6 heteroatoms. The Morgan fingerprint density at radius 3 is 2.12 bits per heavy atom. The van der Waals surface area contributed by atoms with Gasteiger partial charge in [-0.25, -0.2) is 0 Å². The first-order valence-electron chi connectivity index (χ1n) is 5.71. The van der Waals surface area contributed by atoms with Crippen LogP contribution >= 0.6 is 24.8 Å². The number of nitrogens with zero attached hydrogens (tertiary/aromatic N) is 1. The third kappa shape index (κ3) is 10.8. The number of halogens is 2. The molecule has 17 heavy (non-hydrogen) atoms. The highest BCUT2D eigenvalue weighted by Crippen LogP contribution is 1.95. The van der Waals surface area contributed by atoms with Gasteiger partial charge in [0, 0.05) is 13.1 Å². The van der Waals surface area contributed by atoms with Crippen LogP contribution in [0.5, 0.6) is 0 Å². The summed E-state index contributed by atoms with van der Waals surface area (Å²) in [5.74, 6) is -0.0879. The quantitative estimate of drug-likeness (QED) is 0.745. The molecule has 0 spiro atoms. The predicted molar refractivity (Wildman–Crippen MR) is 78.2 cm³/mol. The van der Waals surface area contributed by atoms with Crippen LogP contribution in [0.1, 0.15) is 34.1 Å². The lowest BCUT2D eigenvalue weighted by atomic mass is 10.1. The number of rotatable bonds is 7. The fraction of sp³-hybridized carbons (Fsp3) is 0.909. The molecule has 0 unspecified atom stereocenters. The van der Waals surface area contributed by atoms with Gasteiger partial charge in [-0.15, -0.1) is 24.8 Å². The van der Waals surface area contributed by atoms with Crippen molar-refractivity contribution in [3.63, 3.8) is 0 Å². The summed E-state index contributed by atoms with van der Waals surface area (Å²) in [5, 5.41) is 2.84. The van der Waals surface area contributed by atoms with Crippen LogP contribution in [0.3, 0.4) is 0 Å². The van der Waals surface area contributed by atoms with E-state index in [1.807, 2.05) is 0 Å². The zero-order chi connectivity index (χ0) is 11.9. The van der Waals surface area contributed by atoms with E-state index < -0.39 is 5.54 Å². The average Bonchev–Trinajstić information content (AvgIpc) is 2.14. The van der Waals surface area contributed by atoms with Crippen LogP contribution in [0, 0.1) is 0 Å². The summed E-state index contributed by atoms with van der Waals surface area (Å²) in [6.07, 6.45) is 1.14. The van der Waals surface area contributed by atoms with E-state index in [1.54, 1.807) is 13.8 Å². The highest BCUT2D eigenvalue weighted by Gasteiger charge is 2.20. The lowest BCUT2D eigenvalue weighted by molar-refractivity contribution is -0.125. The van der Waals surface area contributed by atoms with E-state index in [0.29, 0.717) is 6.54 Å². The number of carbonyl (C=O) groups is 1. The molecule has 0 heterocycles. The molecule has 0 atom stereocenters. The second-order valence-corrected chi connectivity index (χ2v) is 4.41. The summed E-state index contributed by atoms with van der Waals surface area (Å²) >= 11 is 0. The van der Waals surface area contributed by atoms with Gasteiger partial charge in [-0.1, -0.05) is 13.8 Å². The summed E-state index contributed by atoms with van der Waals surface area (Å²) in [5.41, 5.74) is 4.89. The van der Waals surface area contributed by atoms with E-state index >= 15 is 0 Å². The first kappa shape index (κ1) is 22.2. The fourth-order valence-corrected chi connectivity index (χ4v) is 1.30.